The van der Waals surface area contributed by atoms with Crippen LogP contribution in [-0.4, -0.2) is 19.0 Å². The van der Waals surface area contributed by atoms with Gasteiger partial charge in [-0.1, -0.05) is 31.2 Å². The second-order valence-corrected chi connectivity index (χ2v) is 4.80. The van der Waals surface area contributed by atoms with Gasteiger partial charge in [-0.05, 0) is 36.9 Å². The van der Waals surface area contributed by atoms with E-state index in [-0.39, 0.29) is 6.54 Å². The fourth-order valence-corrected chi connectivity index (χ4v) is 2.40. The van der Waals surface area contributed by atoms with Crippen molar-refractivity contribution in [1.29, 1.82) is 0 Å². The molecule has 0 radical (unpaired) electrons. The predicted molar refractivity (Wildman–Crippen MR) is 65.4 cm³/mol. The van der Waals surface area contributed by atoms with Crippen LogP contribution in [0.5, 0.6) is 0 Å². The molecule has 0 saturated carbocycles. The van der Waals surface area contributed by atoms with Crippen LogP contribution in [-0.2, 0) is 12.8 Å². The first kappa shape index (κ1) is 12.5. The number of hydrogen-bond acceptors (Lipinski definition) is 1. The van der Waals surface area contributed by atoms with Crippen molar-refractivity contribution in [3.8, 4) is 0 Å². The Morgan fingerprint density at radius 1 is 1.35 bits per heavy atom. The van der Waals surface area contributed by atoms with Gasteiger partial charge in [0.05, 0.1) is 6.54 Å². The zero-order valence-electron chi connectivity index (χ0n) is 10.2. The van der Waals surface area contributed by atoms with Crippen molar-refractivity contribution in [1.82, 2.24) is 5.32 Å². The van der Waals surface area contributed by atoms with Gasteiger partial charge in [0.1, 0.15) is 0 Å². The first-order valence-corrected chi connectivity index (χ1v) is 6.28. The molecule has 1 aromatic rings. The van der Waals surface area contributed by atoms with Crippen molar-refractivity contribution in [2.24, 2.45) is 5.92 Å². The number of alkyl halides is 2. The lowest BCUT2D eigenvalue weighted by Crippen LogP contribution is -2.46. The Kier molecular flexibility index (Phi) is 3.77. The molecule has 0 amide bonds. The highest BCUT2D eigenvalue weighted by atomic mass is 19.3. The number of nitrogens with one attached hydrogen (secondary N) is 1. The van der Waals surface area contributed by atoms with Gasteiger partial charge in [0.15, 0.2) is 0 Å². The van der Waals surface area contributed by atoms with Crippen molar-refractivity contribution in [2.45, 2.75) is 32.1 Å². The maximum Gasteiger partial charge on any atom is 0.263 e. The van der Waals surface area contributed by atoms with Crippen LogP contribution < -0.4 is 5.32 Å². The largest absolute Gasteiger partial charge is 0.311 e. The summed E-state index contributed by atoms with van der Waals surface area (Å²) in [5.41, 5.74) is 2.26. The van der Waals surface area contributed by atoms with Gasteiger partial charge < -0.3 is 5.32 Å². The van der Waals surface area contributed by atoms with Crippen molar-refractivity contribution in [3.05, 3.63) is 35.4 Å². The Hall–Kier alpha value is -0.960. The molecule has 1 N–H and O–H groups in total. The Morgan fingerprint density at radius 2 is 2.12 bits per heavy atom. The lowest BCUT2D eigenvalue weighted by molar-refractivity contribution is -0.0727. The molecule has 1 aliphatic heterocycles. The monoisotopic (exact) mass is 239 g/mol. The SMILES string of the molecule is CCc1cccc(CC2CCNCC2(F)F)c1. The molecule has 2 rings (SSSR count). The maximum absolute atomic E-state index is 13.7. The smallest absolute Gasteiger partial charge is 0.263 e. The standard InChI is InChI=1S/C14H19F2N/c1-2-11-4-3-5-12(8-11)9-13-6-7-17-10-14(13,15)16/h3-5,8,13,17H,2,6-7,9-10H2,1H3. The summed E-state index contributed by atoms with van der Waals surface area (Å²) in [6, 6.07) is 8.02. The maximum atomic E-state index is 13.7. The van der Waals surface area contributed by atoms with Crippen molar-refractivity contribution in [3.63, 3.8) is 0 Å². The third-order valence-corrected chi connectivity index (χ3v) is 3.51. The Morgan fingerprint density at radius 3 is 2.82 bits per heavy atom. The van der Waals surface area contributed by atoms with Gasteiger partial charge in [0, 0.05) is 5.92 Å². The first-order chi connectivity index (χ1) is 8.12. The third kappa shape index (κ3) is 3.03. The number of aryl methyl sites for hydroxylation is 1. The lowest BCUT2D eigenvalue weighted by atomic mass is 9.87. The number of hydrogen-bond donors (Lipinski definition) is 1. The van der Waals surface area contributed by atoms with Crippen molar-refractivity contribution in [2.75, 3.05) is 13.1 Å². The molecule has 1 aliphatic rings. The highest BCUT2D eigenvalue weighted by molar-refractivity contribution is 5.24. The summed E-state index contributed by atoms with van der Waals surface area (Å²) < 4.78 is 27.3. The minimum Gasteiger partial charge on any atom is -0.311 e. The minimum atomic E-state index is -2.57. The van der Waals surface area contributed by atoms with Gasteiger partial charge in [0.2, 0.25) is 0 Å². The summed E-state index contributed by atoms with van der Waals surface area (Å²) in [6.45, 7) is 2.61. The quantitative estimate of drug-likeness (QED) is 0.855. The van der Waals surface area contributed by atoms with Gasteiger partial charge in [-0.25, -0.2) is 8.78 Å². The second kappa shape index (κ2) is 5.13. The van der Waals surface area contributed by atoms with Crippen LogP contribution in [0, 0.1) is 5.92 Å². The van der Waals surface area contributed by atoms with Gasteiger partial charge in [-0.3, -0.25) is 0 Å². The Bertz CT molecular complexity index is 376. The molecule has 17 heavy (non-hydrogen) atoms. The van der Waals surface area contributed by atoms with Gasteiger partial charge >= 0.3 is 0 Å². The first-order valence-electron chi connectivity index (χ1n) is 6.28. The molecule has 1 aromatic carbocycles. The molecule has 0 aliphatic carbocycles. The van der Waals surface area contributed by atoms with Gasteiger partial charge in [-0.2, -0.15) is 0 Å². The normalized spacial score (nSPS) is 23.6. The van der Waals surface area contributed by atoms with Crippen molar-refractivity contribution < 1.29 is 8.78 Å². The summed E-state index contributed by atoms with van der Waals surface area (Å²) in [5, 5.41) is 2.76. The highest BCUT2D eigenvalue weighted by Crippen LogP contribution is 2.32. The molecule has 1 saturated heterocycles. The van der Waals surface area contributed by atoms with E-state index in [9.17, 15) is 8.78 Å². The average molecular weight is 239 g/mol. The fraction of sp³-hybridized carbons (Fsp3) is 0.571. The molecule has 1 fully saturated rings. The molecule has 0 spiro atoms. The molecular weight excluding hydrogens is 220 g/mol. The number of piperidine rings is 1. The van der Waals surface area contributed by atoms with E-state index in [0.717, 1.165) is 12.0 Å². The van der Waals surface area contributed by atoms with Gasteiger partial charge in [-0.15, -0.1) is 0 Å². The van der Waals surface area contributed by atoms with E-state index in [0.29, 0.717) is 19.4 Å². The van der Waals surface area contributed by atoms with E-state index in [2.05, 4.69) is 18.3 Å². The molecule has 1 unspecified atom stereocenters. The van der Waals surface area contributed by atoms with E-state index >= 15 is 0 Å². The summed E-state index contributed by atoms with van der Waals surface area (Å²) in [4.78, 5) is 0. The molecular formula is C14H19F2N. The average Bonchev–Trinajstić information content (AvgIpc) is 2.32. The number of halogens is 2. The van der Waals surface area contributed by atoms with E-state index in [1.165, 1.54) is 5.56 Å². The zero-order chi connectivity index (χ0) is 12.3. The van der Waals surface area contributed by atoms with Crippen LogP contribution in [0.25, 0.3) is 0 Å². The molecule has 1 nitrogen and oxygen atoms in total. The Balaban J connectivity index is 2.08. The molecule has 1 atom stereocenters. The minimum absolute atomic E-state index is 0.175. The van der Waals surface area contributed by atoms with E-state index < -0.39 is 11.8 Å². The molecule has 94 valence electrons. The summed E-state index contributed by atoms with van der Waals surface area (Å²) >= 11 is 0. The summed E-state index contributed by atoms with van der Waals surface area (Å²) in [6.07, 6.45) is 2.00. The van der Waals surface area contributed by atoms with Crippen LogP contribution in [0.15, 0.2) is 24.3 Å². The predicted octanol–water partition coefficient (Wildman–Crippen LogP) is 3.04. The summed E-state index contributed by atoms with van der Waals surface area (Å²) in [5.74, 6) is -3.09. The van der Waals surface area contributed by atoms with Gasteiger partial charge in [0.25, 0.3) is 5.92 Å². The summed E-state index contributed by atoms with van der Waals surface area (Å²) in [7, 11) is 0. The van der Waals surface area contributed by atoms with Crippen LogP contribution in [0.1, 0.15) is 24.5 Å². The van der Waals surface area contributed by atoms with E-state index in [4.69, 9.17) is 0 Å². The van der Waals surface area contributed by atoms with Crippen LogP contribution in [0.2, 0.25) is 0 Å². The highest BCUT2D eigenvalue weighted by Gasteiger charge is 2.41. The van der Waals surface area contributed by atoms with E-state index in [1.807, 2.05) is 18.2 Å². The lowest BCUT2D eigenvalue weighted by Gasteiger charge is -2.32. The van der Waals surface area contributed by atoms with E-state index in [1.54, 1.807) is 0 Å². The van der Waals surface area contributed by atoms with Crippen LogP contribution in [0.4, 0.5) is 8.78 Å². The number of rotatable bonds is 3. The molecule has 0 bridgehead atoms. The zero-order valence-corrected chi connectivity index (χ0v) is 10.2. The Labute approximate surface area is 101 Å². The number of benzene rings is 1. The third-order valence-electron chi connectivity index (χ3n) is 3.51. The van der Waals surface area contributed by atoms with Crippen molar-refractivity contribution >= 4 is 0 Å². The molecule has 1 heterocycles. The molecule has 3 heteroatoms. The molecule has 0 aromatic heterocycles. The second-order valence-electron chi connectivity index (χ2n) is 4.80. The van der Waals surface area contributed by atoms with Crippen LogP contribution >= 0.6 is 0 Å². The fourth-order valence-electron chi connectivity index (χ4n) is 2.40. The topological polar surface area (TPSA) is 12.0 Å². The van der Waals surface area contributed by atoms with Crippen LogP contribution in [0.3, 0.4) is 0 Å².